The number of benzene rings is 1. The molecule has 0 saturated heterocycles. The van der Waals surface area contributed by atoms with Gasteiger partial charge in [-0.3, -0.25) is 4.79 Å². The largest absolute Gasteiger partial charge is 0.497 e. The van der Waals surface area contributed by atoms with E-state index >= 15 is 0 Å². The molecule has 0 radical (unpaired) electrons. The van der Waals surface area contributed by atoms with E-state index in [0.29, 0.717) is 11.3 Å². The Kier molecular flexibility index (Phi) is 4.72. The predicted molar refractivity (Wildman–Crippen MR) is 75.0 cm³/mol. The Labute approximate surface area is 114 Å². The van der Waals surface area contributed by atoms with Gasteiger partial charge in [0.25, 0.3) is 0 Å². The monoisotopic (exact) mass is 263 g/mol. The number of carbonyl (C=O) groups excluding carboxylic acids is 1. The molecule has 1 aromatic rings. The Morgan fingerprint density at radius 3 is 2.26 bits per heavy atom. The lowest BCUT2D eigenvalue weighted by molar-refractivity contribution is -0.119. The molecule has 1 aromatic carbocycles. The zero-order chi connectivity index (χ0) is 14.6. The van der Waals surface area contributed by atoms with Crippen molar-refractivity contribution in [3.05, 3.63) is 42.0 Å². The van der Waals surface area contributed by atoms with Crippen LogP contribution in [-0.2, 0) is 4.79 Å². The van der Waals surface area contributed by atoms with E-state index in [4.69, 9.17) is 4.74 Å². The average molecular weight is 263 g/mol. The molecule has 0 fully saturated rings. The summed E-state index contributed by atoms with van der Waals surface area (Å²) in [6.45, 7) is 9.28. The third kappa shape index (κ3) is 4.41. The van der Waals surface area contributed by atoms with Gasteiger partial charge in [0.1, 0.15) is 11.9 Å². The van der Waals surface area contributed by atoms with Crippen molar-refractivity contribution in [3.63, 3.8) is 0 Å². The summed E-state index contributed by atoms with van der Waals surface area (Å²) < 4.78 is 5.04. The van der Waals surface area contributed by atoms with Gasteiger partial charge in [0.15, 0.2) is 0 Å². The van der Waals surface area contributed by atoms with Crippen molar-refractivity contribution in [1.29, 1.82) is 0 Å². The number of nitrogens with one attached hydrogen (secondary N) is 1. The van der Waals surface area contributed by atoms with Crippen LogP contribution in [0.25, 0.3) is 0 Å². The minimum absolute atomic E-state index is 0.125. The van der Waals surface area contributed by atoms with Crippen LogP contribution in [0.2, 0.25) is 0 Å². The lowest BCUT2D eigenvalue weighted by Crippen LogP contribution is -2.42. The number of hydrogen-bond acceptors (Lipinski definition) is 3. The molecule has 0 aliphatic carbocycles. The van der Waals surface area contributed by atoms with Gasteiger partial charge in [-0.15, -0.1) is 0 Å². The van der Waals surface area contributed by atoms with Gasteiger partial charge < -0.3 is 15.2 Å². The molecular weight excluding hydrogens is 242 g/mol. The zero-order valence-electron chi connectivity index (χ0n) is 11.9. The number of methoxy groups -OCH3 is 1. The molecule has 0 aliphatic heterocycles. The number of ether oxygens (including phenoxy) is 1. The smallest absolute Gasteiger partial charge is 0.249 e. The molecule has 0 heterocycles. The molecule has 104 valence electrons. The number of rotatable bonds is 4. The van der Waals surface area contributed by atoms with Crippen LogP contribution >= 0.6 is 0 Å². The first-order valence-electron chi connectivity index (χ1n) is 6.08. The minimum atomic E-state index is -1.02. The molecule has 1 amide bonds. The topological polar surface area (TPSA) is 58.6 Å². The van der Waals surface area contributed by atoms with E-state index in [1.54, 1.807) is 31.4 Å². The molecule has 0 unspecified atom stereocenters. The zero-order valence-corrected chi connectivity index (χ0v) is 11.9. The third-order valence-electron chi connectivity index (χ3n) is 2.54. The maximum atomic E-state index is 11.9. The summed E-state index contributed by atoms with van der Waals surface area (Å²) >= 11 is 0. The van der Waals surface area contributed by atoms with Crippen LogP contribution in [0.1, 0.15) is 32.4 Å². The van der Waals surface area contributed by atoms with Crippen molar-refractivity contribution in [3.8, 4) is 5.75 Å². The maximum Gasteiger partial charge on any atom is 0.249 e. The van der Waals surface area contributed by atoms with Crippen molar-refractivity contribution < 1.29 is 14.6 Å². The summed E-state index contributed by atoms with van der Waals surface area (Å²) in [7, 11) is 1.57. The molecule has 0 spiro atoms. The van der Waals surface area contributed by atoms with Crippen LogP contribution < -0.4 is 10.1 Å². The number of amides is 1. The Morgan fingerprint density at radius 1 is 1.32 bits per heavy atom. The van der Waals surface area contributed by atoms with Crippen molar-refractivity contribution in [1.82, 2.24) is 5.32 Å². The quantitative estimate of drug-likeness (QED) is 0.819. The Morgan fingerprint density at radius 2 is 1.84 bits per heavy atom. The van der Waals surface area contributed by atoms with E-state index in [1.165, 1.54) is 0 Å². The molecule has 0 saturated carbocycles. The van der Waals surface area contributed by atoms with E-state index in [2.05, 4.69) is 11.9 Å². The standard InChI is InChI=1S/C15H21NO3/c1-10(14(18)16-15(2,3)4)13(17)11-6-8-12(19-5)9-7-11/h6-9,13,17H,1H2,2-5H3,(H,16,18)/t13-/m0/s1. The van der Waals surface area contributed by atoms with Crippen LogP contribution in [0.3, 0.4) is 0 Å². The second kappa shape index (κ2) is 5.89. The van der Waals surface area contributed by atoms with Crippen LogP contribution in [0.4, 0.5) is 0 Å². The first kappa shape index (κ1) is 15.2. The molecule has 0 bridgehead atoms. The van der Waals surface area contributed by atoms with Gasteiger partial charge in [-0.1, -0.05) is 18.7 Å². The van der Waals surface area contributed by atoms with Gasteiger partial charge in [0.2, 0.25) is 5.91 Å². The van der Waals surface area contributed by atoms with Gasteiger partial charge >= 0.3 is 0 Å². The number of aliphatic hydroxyl groups excluding tert-OH is 1. The second-order valence-corrected chi connectivity index (χ2v) is 5.41. The van der Waals surface area contributed by atoms with Gasteiger partial charge in [-0.25, -0.2) is 0 Å². The van der Waals surface area contributed by atoms with Crippen LogP contribution in [0.5, 0.6) is 5.75 Å². The van der Waals surface area contributed by atoms with Gasteiger partial charge in [0, 0.05) is 11.1 Å². The van der Waals surface area contributed by atoms with Gasteiger partial charge in [-0.2, -0.15) is 0 Å². The van der Waals surface area contributed by atoms with E-state index in [1.807, 2.05) is 20.8 Å². The van der Waals surface area contributed by atoms with Crippen molar-refractivity contribution >= 4 is 5.91 Å². The highest BCUT2D eigenvalue weighted by molar-refractivity contribution is 5.94. The highest BCUT2D eigenvalue weighted by Gasteiger charge is 2.22. The summed E-state index contributed by atoms with van der Waals surface area (Å²) in [6, 6.07) is 6.87. The normalized spacial score (nSPS) is 12.7. The molecule has 0 aliphatic rings. The highest BCUT2D eigenvalue weighted by atomic mass is 16.5. The summed E-state index contributed by atoms with van der Waals surface area (Å²) in [6.07, 6.45) is -1.02. The number of aliphatic hydroxyl groups is 1. The highest BCUT2D eigenvalue weighted by Crippen LogP contribution is 2.23. The lowest BCUT2D eigenvalue weighted by atomic mass is 10.0. The Bertz CT molecular complexity index is 457. The average Bonchev–Trinajstić information content (AvgIpc) is 2.35. The van der Waals surface area contributed by atoms with E-state index in [-0.39, 0.29) is 17.0 Å². The summed E-state index contributed by atoms with van der Waals surface area (Å²) in [5.41, 5.74) is 0.370. The molecule has 1 atom stereocenters. The van der Waals surface area contributed by atoms with Crippen LogP contribution in [-0.4, -0.2) is 23.7 Å². The molecule has 4 nitrogen and oxygen atoms in total. The second-order valence-electron chi connectivity index (χ2n) is 5.41. The van der Waals surface area contributed by atoms with Crippen molar-refractivity contribution in [2.45, 2.75) is 32.4 Å². The maximum absolute atomic E-state index is 11.9. The van der Waals surface area contributed by atoms with Gasteiger partial charge in [-0.05, 0) is 38.5 Å². The third-order valence-corrected chi connectivity index (χ3v) is 2.54. The van der Waals surface area contributed by atoms with Crippen molar-refractivity contribution in [2.24, 2.45) is 0 Å². The molecule has 0 aromatic heterocycles. The molecule has 4 heteroatoms. The van der Waals surface area contributed by atoms with Crippen LogP contribution in [0.15, 0.2) is 36.4 Å². The van der Waals surface area contributed by atoms with E-state index in [0.717, 1.165) is 0 Å². The Hall–Kier alpha value is -1.81. The first-order chi connectivity index (χ1) is 8.74. The fraction of sp³-hybridized carbons (Fsp3) is 0.400. The lowest BCUT2D eigenvalue weighted by Gasteiger charge is -2.23. The molecule has 19 heavy (non-hydrogen) atoms. The Balaban J connectivity index is 2.78. The summed E-state index contributed by atoms with van der Waals surface area (Å²) in [5.74, 6) is 0.344. The summed E-state index contributed by atoms with van der Waals surface area (Å²) in [5, 5.41) is 12.9. The molecule has 2 N–H and O–H groups in total. The first-order valence-corrected chi connectivity index (χ1v) is 6.08. The predicted octanol–water partition coefficient (Wildman–Crippen LogP) is 2.20. The molecule has 1 rings (SSSR count). The van der Waals surface area contributed by atoms with Crippen LogP contribution in [0, 0.1) is 0 Å². The minimum Gasteiger partial charge on any atom is -0.497 e. The fourth-order valence-corrected chi connectivity index (χ4v) is 1.53. The van der Waals surface area contributed by atoms with E-state index < -0.39 is 6.10 Å². The fourth-order valence-electron chi connectivity index (χ4n) is 1.53. The number of hydrogen-bond donors (Lipinski definition) is 2. The summed E-state index contributed by atoms with van der Waals surface area (Å²) in [4.78, 5) is 11.9. The SMILES string of the molecule is C=C(C(=O)NC(C)(C)C)[C@H](O)c1ccc(OC)cc1. The van der Waals surface area contributed by atoms with E-state index in [9.17, 15) is 9.90 Å². The van der Waals surface area contributed by atoms with Gasteiger partial charge in [0.05, 0.1) is 7.11 Å². The number of carbonyl (C=O) groups is 1. The van der Waals surface area contributed by atoms with Crippen molar-refractivity contribution in [2.75, 3.05) is 7.11 Å². The molecular formula is C15H21NO3.